The van der Waals surface area contributed by atoms with Crippen molar-refractivity contribution in [3.8, 4) is 17.2 Å². The minimum absolute atomic E-state index is 0.0763. The van der Waals surface area contributed by atoms with Crippen LogP contribution in [0.15, 0.2) is 66.7 Å². The van der Waals surface area contributed by atoms with Gasteiger partial charge in [-0.3, -0.25) is 4.90 Å². The fourth-order valence-electron chi connectivity index (χ4n) is 5.17. The van der Waals surface area contributed by atoms with Crippen molar-refractivity contribution in [1.82, 2.24) is 4.90 Å². The van der Waals surface area contributed by atoms with Crippen LogP contribution in [0.1, 0.15) is 47.8 Å². The zero-order valence-corrected chi connectivity index (χ0v) is 19.7. The van der Waals surface area contributed by atoms with Crippen molar-refractivity contribution in [2.45, 2.75) is 31.1 Å². The number of piperidine rings is 1. The molecule has 34 heavy (non-hydrogen) atoms. The molecule has 3 aromatic carbocycles. The smallest absolute Gasteiger partial charge is 0.126 e. The van der Waals surface area contributed by atoms with Gasteiger partial charge in [-0.15, -0.1) is 0 Å². The Morgan fingerprint density at radius 1 is 0.882 bits per heavy atom. The number of fused-ring (bicyclic) bond motifs is 1. The second-order valence-corrected chi connectivity index (χ2v) is 9.17. The maximum Gasteiger partial charge on any atom is 0.126 e. The third kappa shape index (κ3) is 5.05. The summed E-state index contributed by atoms with van der Waals surface area (Å²) < 4.78 is 31.2. The van der Waals surface area contributed by atoms with E-state index in [0.29, 0.717) is 13.2 Å². The van der Waals surface area contributed by atoms with Crippen LogP contribution in [0.25, 0.3) is 0 Å². The maximum absolute atomic E-state index is 13.6. The van der Waals surface area contributed by atoms with E-state index in [-0.39, 0.29) is 17.7 Å². The van der Waals surface area contributed by atoms with Crippen molar-refractivity contribution < 1.29 is 18.6 Å². The van der Waals surface area contributed by atoms with Crippen LogP contribution in [0.5, 0.6) is 17.2 Å². The molecule has 2 aliphatic heterocycles. The summed E-state index contributed by atoms with van der Waals surface area (Å²) in [5.74, 6) is 2.43. The lowest BCUT2D eigenvalue weighted by Gasteiger charge is -2.34. The Bertz CT molecular complexity index is 1080. The number of ether oxygens (including phenoxy) is 3. The van der Waals surface area contributed by atoms with Crippen molar-refractivity contribution in [2.24, 2.45) is 0 Å². The lowest BCUT2D eigenvalue weighted by atomic mass is 9.76. The zero-order valence-electron chi connectivity index (χ0n) is 19.7. The summed E-state index contributed by atoms with van der Waals surface area (Å²) in [7, 11) is 1.66. The summed E-state index contributed by atoms with van der Waals surface area (Å²) in [4.78, 5) is 2.48. The molecule has 2 atom stereocenters. The Morgan fingerprint density at radius 2 is 1.59 bits per heavy atom. The van der Waals surface area contributed by atoms with Crippen LogP contribution in [0.4, 0.5) is 4.39 Å². The lowest BCUT2D eigenvalue weighted by molar-refractivity contribution is 0.183. The molecule has 0 radical (unpaired) electrons. The Morgan fingerprint density at radius 3 is 2.32 bits per heavy atom. The molecule has 2 heterocycles. The molecule has 2 aliphatic rings. The number of hydrogen-bond acceptors (Lipinski definition) is 4. The van der Waals surface area contributed by atoms with Crippen LogP contribution in [0.2, 0.25) is 0 Å². The maximum atomic E-state index is 13.6. The number of likely N-dealkylation sites (tertiary alicyclic amines) is 1. The number of nitrogens with zero attached hydrogens (tertiary/aromatic N) is 1. The Hall–Kier alpha value is -3.05. The van der Waals surface area contributed by atoms with Gasteiger partial charge in [-0.05, 0) is 67.4 Å². The quantitative estimate of drug-likeness (QED) is 0.431. The Balaban J connectivity index is 1.37. The highest BCUT2D eigenvalue weighted by molar-refractivity contribution is 5.51. The molecular formula is C29H32FNO3. The second kappa shape index (κ2) is 10.5. The van der Waals surface area contributed by atoms with Gasteiger partial charge in [0.2, 0.25) is 0 Å². The van der Waals surface area contributed by atoms with Gasteiger partial charge in [-0.2, -0.15) is 0 Å². The van der Waals surface area contributed by atoms with E-state index >= 15 is 0 Å². The van der Waals surface area contributed by atoms with Gasteiger partial charge in [0.05, 0.1) is 13.7 Å². The predicted octanol–water partition coefficient (Wildman–Crippen LogP) is 6.01. The van der Waals surface area contributed by atoms with E-state index in [1.54, 1.807) is 7.11 Å². The predicted molar refractivity (Wildman–Crippen MR) is 132 cm³/mol. The highest BCUT2D eigenvalue weighted by atomic mass is 19.1. The minimum Gasteiger partial charge on any atom is -0.497 e. The third-order valence-electron chi connectivity index (χ3n) is 7.04. The number of rotatable bonds is 7. The molecule has 0 unspecified atom stereocenters. The van der Waals surface area contributed by atoms with E-state index in [2.05, 4.69) is 35.2 Å². The first kappa shape index (κ1) is 22.7. The molecule has 0 saturated carbocycles. The summed E-state index contributed by atoms with van der Waals surface area (Å²) in [6, 6.07) is 21.2. The largest absolute Gasteiger partial charge is 0.497 e. The van der Waals surface area contributed by atoms with Crippen LogP contribution >= 0.6 is 0 Å². The highest BCUT2D eigenvalue weighted by Crippen LogP contribution is 2.47. The molecule has 0 bridgehead atoms. The molecule has 0 N–H and O–H groups in total. The van der Waals surface area contributed by atoms with Gasteiger partial charge < -0.3 is 14.2 Å². The normalized spacial score (nSPS) is 20.3. The first-order chi connectivity index (χ1) is 16.7. The van der Waals surface area contributed by atoms with Crippen LogP contribution < -0.4 is 14.2 Å². The van der Waals surface area contributed by atoms with Gasteiger partial charge in [0.25, 0.3) is 0 Å². The number of methoxy groups -OCH3 is 1. The molecule has 1 saturated heterocycles. The fourth-order valence-corrected chi connectivity index (χ4v) is 5.17. The second-order valence-electron chi connectivity index (χ2n) is 9.17. The van der Waals surface area contributed by atoms with Gasteiger partial charge in [0.15, 0.2) is 0 Å². The van der Waals surface area contributed by atoms with Gasteiger partial charge in [-0.25, -0.2) is 4.39 Å². The highest BCUT2D eigenvalue weighted by Gasteiger charge is 2.33. The molecule has 1 fully saturated rings. The average molecular weight is 462 g/mol. The standard InChI is InChI=1S/C29H32FNO3/c1-32-25-13-14-26-28(19-25)34-20-27(21-5-9-23(30)10-6-21)29(26)22-7-11-24(12-8-22)33-18-17-31-15-3-2-4-16-31/h5-14,19,27,29H,2-4,15-18,20H2,1H3/t27-,29+/m1/s1. The summed E-state index contributed by atoms with van der Waals surface area (Å²) in [5.41, 5.74) is 3.36. The van der Waals surface area contributed by atoms with E-state index in [0.717, 1.165) is 34.9 Å². The van der Waals surface area contributed by atoms with Crippen molar-refractivity contribution in [2.75, 3.05) is 40.0 Å². The van der Waals surface area contributed by atoms with E-state index in [4.69, 9.17) is 14.2 Å². The monoisotopic (exact) mass is 461 g/mol. The van der Waals surface area contributed by atoms with Crippen molar-refractivity contribution >= 4 is 0 Å². The lowest BCUT2D eigenvalue weighted by Crippen LogP contribution is -2.33. The summed E-state index contributed by atoms with van der Waals surface area (Å²) in [6.45, 7) is 4.56. The molecule has 5 rings (SSSR count). The Labute approximate surface area is 201 Å². The zero-order chi connectivity index (χ0) is 23.3. The van der Waals surface area contributed by atoms with Gasteiger partial charge >= 0.3 is 0 Å². The molecule has 3 aromatic rings. The van der Waals surface area contributed by atoms with Crippen LogP contribution in [0, 0.1) is 5.82 Å². The SMILES string of the molecule is COc1ccc2c(c1)OC[C@H](c1ccc(F)cc1)[C@H]2c1ccc(OCCN2CCCCC2)cc1. The van der Waals surface area contributed by atoms with Gasteiger partial charge in [0, 0.05) is 30.0 Å². The van der Waals surface area contributed by atoms with Gasteiger partial charge in [0.1, 0.15) is 29.7 Å². The van der Waals surface area contributed by atoms with Crippen LogP contribution in [0.3, 0.4) is 0 Å². The summed E-state index contributed by atoms with van der Waals surface area (Å²) in [6.07, 6.45) is 3.94. The van der Waals surface area contributed by atoms with Crippen molar-refractivity contribution in [1.29, 1.82) is 0 Å². The molecule has 0 spiro atoms. The summed E-state index contributed by atoms with van der Waals surface area (Å²) in [5, 5.41) is 0. The van der Waals surface area contributed by atoms with E-state index in [1.165, 1.54) is 50.0 Å². The minimum atomic E-state index is -0.229. The first-order valence-corrected chi connectivity index (χ1v) is 12.2. The van der Waals surface area contributed by atoms with Crippen LogP contribution in [-0.4, -0.2) is 44.9 Å². The molecule has 4 nitrogen and oxygen atoms in total. The van der Waals surface area contributed by atoms with Crippen molar-refractivity contribution in [3.05, 3.63) is 89.2 Å². The van der Waals surface area contributed by atoms with Crippen molar-refractivity contribution in [3.63, 3.8) is 0 Å². The number of hydrogen-bond donors (Lipinski definition) is 0. The van der Waals surface area contributed by atoms with Crippen LogP contribution in [-0.2, 0) is 0 Å². The molecule has 178 valence electrons. The molecule has 0 aromatic heterocycles. The topological polar surface area (TPSA) is 30.9 Å². The first-order valence-electron chi connectivity index (χ1n) is 12.2. The Kier molecular flexibility index (Phi) is 7.00. The van der Waals surface area contributed by atoms with E-state index in [9.17, 15) is 4.39 Å². The average Bonchev–Trinajstić information content (AvgIpc) is 2.89. The van der Waals surface area contributed by atoms with E-state index < -0.39 is 0 Å². The molecule has 0 aliphatic carbocycles. The summed E-state index contributed by atoms with van der Waals surface area (Å²) >= 11 is 0. The molecule has 5 heteroatoms. The van der Waals surface area contributed by atoms with Gasteiger partial charge in [-0.1, -0.05) is 36.8 Å². The van der Waals surface area contributed by atoms with E-state index in [1.807, 2.05) is 24.3 Å². The molecule has 0 amide bonds. The third-order valence-corrected chi connectivity index (χ3v) is 7.04. The molecular weight excluding hydrogens is 429 g/mol. The number of halogens is 1. The fraction of sp³-hybridized carbons (Fsp3) is 0.379. The number of benzene rings is 3.